The molecule has 0 bridgehead atoms. The van der Waals surface area contributed by atoms with Gasteiger partial charge in [0.2, 0.25) is 0 Å². The lowest BCUT2D eigenvalue weighted by atomic mass is 9.85. The minimum atomic E-state index is -0.155. The van der Waals surface area contributed by atoms with Gasteiger partial charge in [0.25, 0.3) is 5.91 Å². The highest BCUT2D eigenvalue weighted by Crippen LogP contribution is 2.23. The molecule has 0 heterocycles. The molecule has 0 radical (unpaired) electrons. The average molecular weight is 278 g/mol. The third kappa shape index (κ3) is 4.13. The largest absolute Gasteiger partial charge is 0.484 e. The van der Waals surface area contributed by atoms with Crippen LogP contribution in [0.15, 0.2) is 24.3 Å². The van der Waals surface area contributed by atoms with Crippen LogP contribution in [0, 0.1) is 5.92 Å². The SMILES string of the molecule is Nc1cccc(OCC(=O)NC2CCCCC2CO)c1. The summed E-state index contributed by atoms with van der Waals surface area (Å²) in [4.78, 5) is 11.9. The zero-order valence-corrected chi connectivity index (χ0v) is 11.5. The highest BCUT2D eigenvalue weighted by atomic mass is 16.5. The van der Waals surface area contributed by atoms with E-state index in [1.807, 2.05) is 0 Å². The summed E-state index contributed by atoms with van der Waals surface area (Å²) in [6, 6.07) is 7.06. The molecule has 2 unspecified atom stereocenters. The third-order valence-corrected chi connectivity index (χ3v) is 3.72. The van der Waals surface area contributed by atoms with Crippen molar-refractivity contribution < 1.29 is 14.6 Å². The van der Waals surface area contributed by atoms with E-state index in [1.165, 1.54) is 0 Å². The van der Waals surface area contributed by atoms with E-state index in [4.69, 9.17) is 10.5 Å². The second kappa shape index (κ2) is 7.14. The molecule has 5 nitrogen and oxygen atoms in total. The van der Waals surface area contributed by atoms with Gasteiger partial charge in [0.15, 0.2) is 6.61 Å². The van der Waals surface area contributed by atoms with Crippen LogP contribution in [-0.2, 0) is 4.79 Å². The molecule has 0 saturated heterocycles. The van der Waals surface area contributed by atoms with Crippen LogP contribution in [0.2, 0.25) is 0 Å². The normalized spacial score (nSPS) is 22.2. The molecule has 2 atom stereocenters. The predicted molar refractivity (Wildman–Crippen MR) is 77.3 cm³/mol. The van der Waals surface area contributed by atoms with E-state index in [1.54, 1.807) is 24.3 Å². The Labute approximate surface area is 119 Å². The Morgan fingerprint density at radius 3 is 2.95 bits per heavy atom. The van der Waals surface area contributed by atoms with Gasteiger partial charge >= 0.3 is 0 Å². The van der Waals surface area contributed by atoms with Gasteiger partial charge in [-0.05, 0) is 25.0 Å². The van der Waals surface area contributed by atoms with Crippen molar-refractivity contribution in [3.05, 3.63) is 24.3 Å². The zero-order chi connectivity index (χ0) is 14.4. The van der Waals surface area contributed by atoms with E-state index in [0.29, 0.717) is 11.4 Å². The maximum absolute atomic E-state index is 11.9. The van der Waals surface area contributed by atoms with Crippen LogP contribution in [0.5, 0.6) is 5.75 Å². The molecule has 2 rings (SSSR count). The van der Waals surface area contributed by atoms with Gasteiger partial charge in [0.1, 0.15) is 5.75 Å². The van der Waals surface area contributed by atoms with E-state index in [0.717, 1.165) is 25.7 Å². The standard InChI is InChI=1S/C15H22N2O3/c16-12-5-3-6-13(8-12)20-10-15(19)17-14-7-2-1-4-11(14)9-18/h3,5-6,8,11,14,18H,1-2,4,7,9-10,16H2,(H,17,19). The summed E-state index contributed by atoms with van der Waals surface area (Å²) in [7, 11) is 0. The third-order valence-electron chi connectivity index (χ3n) is 3.72. The van der Waals surface area contributed by atoms with E-state index in [-0.39, 0.29) is 31.1 Å². The second-order valence-electron chi connectivity index (χ2n) is 5.26. The Hall–Kier alpha value is -1.75. The molecule has 110 valence electrons. The number of nitrogens with two attached hydrogens (primary N) is 1. The summed E-state index contributed by atoms with van der Waals surface area (Å²) in [6.07, 6.45) is 4.11. The van der Waals surface area contributed by atoms with Crippen LogP contribution >= 0.6 is 0 Å². The van der Waals surface area contributed by atoms with Gasteiger partial charge in [0, 0.05) is 30.3 Å². The first-order valence-electron chi connectivity index (χ1n) is 7.07. The van der Waals surface area contributed by atoms with Crippen LogP contribution < -0.4 is 15.8 Å². The van der Waals surface area contributed by atoms with Crippen LogP contribution in [0.3, 0.4) is 0 Å². The van der Waals surface area contributed by atoms with Crippen molar-refractivity contribution in [3.63, 3.8) is 0 Å². The molecular weight excluding hydrogens is 256 g/mol. The van der Waals surface area contributed by atoms with Crippen LogP contribution in [-0.4, -0.2) is 30.3 Å². The summed E-state index contributed by atoms with van der Waals surface area (Å²) in [5.74, 6) is 0.598. The topological polar surface area (TPSA) is 84.6 Å². The lowest BCUT2D eigenvalue weighted by Gasteiger charge is -2.30. The van der Waals surface area contributed by atoms with E-state index in [9.17, 15) is 9.90 Å². The number of ether oxygens (including phenoxy) is 1. The highest BCUT2D eigenvalue weighted by molar-refractivity contribution is 5.77. The Morgan fingerprint density at radius 1 is 1.40 bits per heavy atom. The monoisotopic (exact) mass is 278 g/mol. The Morgan fingerprint density at radius 2 is 2.20 bits per heavy atom. The van der Waals surface area contributed by atoms with Crippen molar-refractivity contribution in [1.82, 2.24) is 5.32 Å². The first-order chi connectivity index (χ1) is 9.69. The van der Waals surface area contributed by atoms with Gasteiger partial charge in [-0.1, -0.05) is 18.9 Å². The Balaban J connectivity index is 1.80. The summed E-state index contributed by atoms with van der Waals surface area (Å²) in [5.41, 5.74) is 6.25. The molecule has 0 aromatic heterocycles. The second-order valence-corrected chi connectivity index (χ2v) is 5.26. The molecular formula is C15H22N2O3. The quantitative estimate of drug-likeness (QED) is 0.709. The number of nitrogen functional groups attached to an aromatic ring is 1. The van der Waals surface area contributed by atoms with Crippen LogP contribution in [0.25, 0.3) is 0 Å². The fourth-order valence-corrected chi connectivity index (χ4v) is 2.62. The maximum atomic E-state index is 11.9. The van der Waals surface area contributed by atoms with Gasteiger partial charge in [-0.15, -0.1) is 0 Å². The lowest BCUT2D eigenvalue weighted by molar-refractivity contribution is -0.124. The summed E-state index contributed by atoms with van der Waals surface area (Å²) in [6.45, 7) is 0.0964. The molecule has 0 spiro atoms. The minimum Gasteiger partial charge on any atom is -0.484 e. The molecule has 1 saturated carbocycles. The highest BCUT2D eigenvalue weighted by Gasteiger charge is 2.25. The van der Waals surface area contributed by atoms with Gasteiger partial charge in [-0.2, -0.15) is 0 Å². The number of amides is 1. The number of aliphatic hydroxyl groups excluding tert-OH is 1. The van der Waals surface area contributed by atoms with Gasteiger partial charge in [0.05, 0.1) is 0 Å². The Bertz CT molecular complexity index is 450. The number of nitrogens with one attached hydrogen (secondary N) is 1. The molecule has 4 N–H and O–H groups in total. The van der Waals surface area contributed by atoms with E-state index >= 15 is 0 Å². The molecule has 20 heavy (non-hydrogen) atoms. The first-order valence-corrected chi connectivity index (χ1v) is 7.07. The molecule has 1 amide bonds. The van der Waals surface area contributed by atoms with Crippen LogP contribution in [0.4, 0.5) is 5.69 Å². The van der Waals surface area contributed by atoms with E-state index in [2.05, 4.69) is 5.32 Å². The molecule has 5 heteroatoms. The summed E-state index contributed by atoms with van der Waals surface area (Å²) >= 11 is 0. The molecule has 1 aliphatic carbocycles. The average Bonchev–Trinajstić information content (AvgIpc) is 2.46. The number of hydrogen-bond acceptors (Lipinski definition) is 4. The number of rotatable bonds is 5. The number of carbonyl (C=O) groups excluding carboxylic acids is 1. The Kier molecular flexibility index (Phi) is 5.24. The van der Waals surface area contributed by atoms with Gasteiger partial charge < -0.3 is 20.9 Å². The van der Waals surface area contributed by atoms with Crippen molar-refractivity contribution in [2.75, 3.05) is 18.9 Å². The van der Waals surface area contributed by atoms with Crippen molar-refractivity contribution >= 4 is 11.6 Å². The number of hydrogen-bond donors (Lipinski definition) is 3. The van der Waals surface area contributed by atoms with Crippen LogP contribution in [0.1, 0.15) is 25.7 Å². The van der Waals surface area contributed by atoms with Gasteiger partial charge in [-0.25, -0.2) is 0 Å². The first kappa shape index (κ1) is 14.7. The summed E-state index contributed by atoms with van der Waals surface area (Å²) < 4.78 is 5.40. The molecule has 1 aliphatic rings. The smallest absolute Gasteiger partial charge is 0.258 e. The lowest BCUT2D eigenvalue weighted by Crippen LogP contribution is -2.45. The van der Waals surface area contributed by atoms with Crippen molar-refractivity contribution in [2.45, 2.75) is 31.7 Å². The molecule has 0 aliphatic heterocycles. The van der Waals surface area contributed by atoms with Crippen molar-refractivity contribution in [3.8, 4) is 5.75 Å². The number of benzene rings is 1. The molecule has 1 aromatic rings. The minimum absolute atomic E-state index is 0.0297. The van der Waals surface area contributed by atoms with Crippen molar-refractivity contribution in [2.24, 2.45) is 5.92 Å². The fraction of sp³-hybridized carbons (Fsp3) is 0.533. The number of anilines is 1. The van der Waals surface area contributed by atoms with Crippen molar-refractivity contribution in [1.29, 1.82) is 0 Å². The maximum Gasteiger partial charge on any atom is 0.258 e. The van der Waals surface area contributed by atoms with E-state index < -0.39 is 0 Å². The zero-order valence-electron chi connectivity index (χ0n) is 11.5. The predicted octanol–water partition coefficient (Wildman–Crippen LogP) is 1.31. The number of carbonyl (C=O) groups is 1. The molecule has 1 fully saturated rings. The molecule has 1 aromatic carbocycles. The van der Waals surface area contributed by atoms with Gasteiger partial charge in [-0.3, -0.25) is 4.79 Å². The number of aliphatic hydroxyl groups is 1. The summed E-state index contributed by atoms with van der Waals surface area (Å²) in [5, 5.41) is 12.3. The fourth-order valence-electron chi connectivity index (χ4n) is 2.62.